The van der Waals surface area contributed by atoms with Crippen molar-refractivity contribution < 1.29 is 9.13 Å². The van der Waals surface area contributed by atoms with Gasteiger partial charge in [-0.25, -0.2) is 9.18 Å². The maximum atomic E-state index is 13.7. The fourth-order valence-corrected chi connectivity index (χ4v) is 4.87. The summed E-state index contributed by atoms with van der Waals surface area (Å²) < 4.78 is 24.8. The first-order chi connectivity index (χ1) is 15.6. The third-order valence-corrected chi connectivity index (χ3v) is 6.56. The lowest BCUT2D eigenvalue weighted by Crippen LogP contribution is -2.40. The van der Waals surface area contributed by atoms with E-state index in [1.165, 1.54) is 23.7 Å². The van der Waals surface area contributed by atoms with E-state index in [-0.39, 0.29) is 11.4 Å². The largest absolute Gasteiger partial charge is 0.365 e. The van der Waals surface area contributed by atoms with Crippen LogP contribution >= 0.6 is 0 Å². The van der Waals surface area contributed by atoms with Gasteiger partial charge in [0.1, 0.15) is 11.9 Å². The molecule has 0 fully saturated rings. The smallest absolute Gasteiger partial charge is 0.331 e. The van der Waals surface area contributed by atoms with Crippen LogP contribution in [0.1, 0.15) is 36.8 Å². The van der Waals surface area contributed by atoms with E-state index in [9.17, 15) is 14.0 Å². The van der Waals surface area contributed by atoms with Gasteiger partial charge in [0.15, 0.2) is 0 Å². The molecule has 2 aromatic carbocycles. The van der Waals surface area contributed by atoms with Crippen molar-refractivity contribution in [2.75, 3.05) is 6.61 Å². The third-order valence-electron chi connectivity index (χ3n) is 6.56. The van der Waals surface area contributed by atoms with Gasteiger partial charge < -0.3 is 9.30 Å². The number of fused-ring (bicyclic) bond motifs is 3. The summed E-state index contributed by atoms with van der Waals surface area (Å²) >= 11 is 0. The average Bonchev–Trinajstić information content (AvgIpc) is 3.15. The molecular weight excluding hydrogens is 421 g/mol. The van der Waals surface area contributed by atoms with Crippen LogP contribution in [0.2, 0.25) is 0 Å². The van der Waals surface area contributed by atoms with Gasteiger partial charge in [-0.1, -0.05) is 42.0 Å². The number of aromatic nitrogens is 3. The molecule has 0 saturated carbocycles. The average molecular weight is 448 g/mol. The molecule has 0 amide bonds. The minimum atomic E-state index is -0.557. The van der Waals surface area contributed by atoms with Crippen LogP contribution < -0.4 is 11.2 Å². The van der Waals surface area contributed by atoms with E-state index in [2.05, 4.69) is 18.4 Å². The van der Waals surface area contributed by atoms with Crippen molar-refractivity contribution in [3.05, 3.63) is 92.0 Å². The molecule has 0 bridgehead atoms. The summed E-state index contributed by atoms with van der Waals surface area (Å²) in [7, 11) is 3.17. The van der Waals surface area contributed by atoms with E-state index >= 15 is 0 Å². The standard InChI is InChI=1S/C26H26FN3O3/c1-15-6-8-16(9-7-15)20-19-21(28(4)25(32)29(5)24(19)31)22-23(17-10-12-18(27)13-11-17)33-14-26(2,3)30(20)22/h6-13,23H,14H2,1-5H3/t23-/m1/s1. The van der Waals surface area contributed by atoms with Gasteiger partial charge in [-0.3, -0.25) is 13.9 Å². The predicted molar refractivity (Wildman–Crippen MR) is 126 cm³/mol. The Morgan fingerprint density at radius 3 is 2.24 bits per heavy atom. The first-order valence-electron chi connectivity index (χ1n) is 10.9. The predicted octanol–water partition coefficient (Wildman–Crippen LogP) is 4.01. The van der Waals surface area contributed by atoms with Crippen LogP contribution in [0.5, 0.6) is 0 Å². The molecule has 0 unspecified atom stereocenters. The molecule has 2 aromatic heterocycles. The summed E-state index contributed by atoms with van der Waals surface area (Å²) in [5, 5.41) is 0.476. The van der Waals surface area contributed by atoms with E-state index in [1.54, 1.807) is 19.2 Å². The number of hydrogen-bond acceptors (Lipinski definition) is 3. The van der Waals surface area contributed by atoms with Gasteiger partial charge >= 0.3 is 5.69 Å². The third kappa shape index (κ3) is 3.10. The zero-order valence-electron chi connectivity index (χ0n) is 19.3. The number of halogens is 1. The molecule has 6 nitrogen and oxygen atoms in total. The van der Waals surface area contributed by atoms with Crippen molar-refractivity contribution in [1.29, 1.82) is 0 Å². The first kappa shape index (κ1) is 21.4. The van der Waals surface area contributed by atoms with Crippen LogP contribution in [0.15, 0.2) is 58.1 Å². The van der Waals surface area contributed by atoms with E-state index in [1.807, 2.05) is 31.2 Å². The van der Waals surface area contributed by atoms with Crippen molar-refractivity contribution in [1.82, 2.24) is 13.7 Å². The van der Waals surface area contributed by atoms with Crippen molar-refractivity contribution in [3.63, 3.8) is 0 Å². The van der Waals surface area contributed by atoms with Crippen molar-refractivity contribution >= 4 is 10.9 Å². The summed E-state index contributed by atoms with van der Waals surface area (Å²) in [5.74, 6) is -0.336. The lowest BCUT2D eigenvalue weighted by molar-refractivity contribution is -0.00709. The van der Waals surface area contributed by atoms with Gasteiger partial charge in [0, 0.05) is 14.1 Å². The highest BCUT2D eigenvalue weighted by Gasteiger charge is 2.40. The Kier molecular flexibility index (Phi) is 4.72. The van der Waals surface area contributed by atoms with E-state index in [4.69, 9.17) is 4.74 Å². The molecule has 33 heavy (non-hydrogen) atoms. The highest BCUT2D eigenvalue weighted by atomic mass is 19.1. The summed E-state index contributed by atoms with van der Waals surface area (Å²) in [4.78, 5) is 26.5. The summed E-state index contributed by atoms with van der Waals surface area (Å²) in [5.41, 5.74) is 3.54. The SMILES string of the molecule is Cc1ccc(-c2c3c(=O)n(C)c(=O)n(C)c3c3n2C(C)(C)CO[C@@H]3c2ccc(F)cc2)cc1. The van der Waals surface area contributed by atoms with Crippen LogP contribution in [-0.2, 0) is 24.4 Å². The van der Waals surface area contributed by atoms with E-state index < -0.39 is 17.3 Å². The van der Waals surface area contributed by atoms with Gasteiger partial charge in [0.2, 0.25) is 0 Å². The van der Waals surface area contributed by atoms with E-state index in [0.29, 0.717) is 17.5 Å². The second-order valence-corrected chi connectivity index (χ2v) is 9.42. The summed E-state index contributed by atoms with van der Waals surface area (Å²) in [6.07, 6.45) is -0.557. The highest BCUT2D eigenvalue weighted by Crippen LogP contribution is 2.45. The van der Waals surface area contributed by atoms with Crippen LogP contribution in [0.3, 0.4) is 0 Å². The topological polar surface area (TPSA) is 58.2 Å². The summed E-state index contributed by atoms with van der Waals surface area (Å²) in [6, 6.07) is 14.2. The molecular formula is C26H26FN3O3. The van der Waals surface area contributed by atoms with Gasteiger partial charge in [-0.15, -0.1) is 0 Å². The molecule has 1 atom stereocenters. The Morgan fingerprint density at radius 2 is 1.61 bits per heavy atom. The molecule has 0 radical (unpaired) electrons. The van der Waals surface area contributed by atoms with Gasteiger partial charge in [0.25, 0.3) is 5.56 Å². The van der Waals surface area contributed by atoms with Gasteiger partial charge in [-0.05, 0) is 44.0 Å². The Morgan fingerprint density at radius 1 is 0.970 bits per heavy atom. The molecule has 1 aliphatic heterocycles. The van der Waals surface area contributed by atoms with Crippen LogP contribution in [0, 0.1) is 12.7 Å². The minimum absolute atomic E-state index is 0.336. The number of ether oxygens (including phenoxy) is 1. The molecule has 0 spiro atoms. The summed E-state index contributed by atoms with van der Waals surface area (Å²) in [6.45, 7) is 6.50. The molecule has 170 valence electrons. The second kappa shape index (κ2) is 7.28. The normalized spacial score (nSPS) is 17.3. The molecule has 1 aliphatic rings. The van der Waals surface area contributed by atoms with Crippen molar-refractivity contribution in [2.45, 2.75) is 32.4 Å². The molecule has 5 rings (SSSR count). The molecule has 3 heterocycles. The zero-order valence-corrected chi connectivity index (χ0v) is 19.3. The van der Waals surface area contributed by atoms with Gasteiger partial charge in [0.05, 0.1) is 34.4 Å². The molecule has 0 aliphatic carbocycles. The lowest BCUT2D eigenvalue weighted by Gasteiger charge is -2.39. The highest BCUT2D eigenvalue weighted by molar-refractivity contribution is 5.96. The molecule has 7 heteroatoms. The Labute approximate surface area is 190 Å². The van der Waals surface area contributed by atoms with Crippen LogP contribution in [-0.4, -0.2) is 20.3 Å². The zero-order chi connectivity index (χ0) is 23.7. The monoisotopic (exact) mass is 447 g/mol. The van der Waals surface area contributed by atoms with Crippen LogP contribution in [0.4, 0.5) is 4.39 Å². The second-order valence-electron chi connectivity index (χ2n) is 9.42. The molecule has 0 saturated heterocycles. The maximum absolute atomic E-state index is 13.7. The quantitative estimate of drug-likeness (QED) is 0.467. The van der Waals surface area contributed by atoms with E-state index in [0.717, 1.165) is 32.6 Å². The lowest BCUT2D eigenvalue weighted by atomic mass is 9.98. The minimum Gasteiger partial charge on any atom is -0.365 e. The number of nitrogens with zero attached hydrogens (tertiary/aromatic N) is 3. The maximum Gasteiger partial charge on any atom is 0.331 e. The Hall–Kier alpha value is -3.45. The first-order valence-corrected chi connectivity index (χ1v) is 10.9. The number of aryl methyl sites for hydroxylation is 2. The molecule has 4 aromatic rings. The Balaban J connectivity index is 2.00. The van der Waals surface area contributed by atoms with Crippen molar-refractivity contribution in [3.8, 4) is 11.3 Å². The fraction of sp³-hybridized carbons (Fsp3) is 0.308. The fourth-order valence-electron chi connectivity index (χ4n) is 4.87. The number of rotatable bonds is 2. The van der Waals surface area contributed by atoms with Gasteiger partial charge in [-0.2, -0.15) is 0 Å². The Bertz CT molecular complexity index is 1510. The number of benzene rings is 2. The van der Waals surface area contributed by atoms with Crippen molar-refractivity contribution in [2.24, 2.45) is 14.1 Å². The number of hydrogen-bond donors (Lipinski definition) is 0. The van der Waals surface area contributed by atoms with Crippen LogP contribution in [0.25, 0.3) is 22.2 Å². The molecule has 0 N–H and O–H groups in total.